The molecular weight excluding hydrogens is 312 g/mol. The van der Waals surface area contributed by atoms with Crippen molar-refractivity contribution in [2.45, 2.75) is 32.0 Å². The van der Waals surface area contributed by atoms with Crippen LogP contribution < -0.4 is 10.1 Å². The van der Waals surface area contributed by atoms with E-state index in [9.17, 15) is 5.11 Å². The van der Waals surface area contributed by atoms with Gasteiger partial charge >= 0.3 is 0 Å². The highest BCUT2D eigenvalue weighted by molar-refractivity contribution is 5.39. The Bertz CT molecular complexity index is 732. The zero-order chi connectivity index (χ0) is 17.1. The van der Waals surface area contributed by atoms with E-state index in [1.165, 1.54) is 22.3 Å². The van der Waals surface area contributed by atoms with E-state index in [4.69, 9.17) is 4.74 Å². The molecule has 2 heterocycles. The van der Waals surface area contributed by atoms with Gasteiger partial charge in [-0.1, -0.05) is 36.4 Å². The molecule has 2 aliphatic heterocycles. The van der Waals surface area contributed by atoms with Crippen LogP contribution in [0.2, 0.25) is 0 Å². The van der Waals surface area contributed by atoms with Crippen LogP contribution in [0.25, 0.3) is 0 Å². The SMILES string of the molecule is O[C@@H](CNCc1ccc2c(c1)CCO2)CN1CCc2ccccc2C1. The number of benzene rings is 2. The normalized spacial score (nSPS) is 17.6. The van der Waals surface area contributed by atoms with Crippen LogP contribution in [-0.2, 0) is 25.9 Å². The van der Waals surface area contributed by atoms with Crippen LogP contribution in [0.1, 0.15) is 22.3 Å². The molecule has 0 amide bonds. The van der Waals surface area contributed by atoms with Crippen molar-refractivity contribution in [1.82, 2.24) is 10.2 Å². The van der Waals surface area contributed by atoms with Gasteiger partial charge in [-0.15, -0.1) is 0 Å². The molecule has 0 saturated heterocycles. The molecule has 2 aliphatic rings. The largest absolute Gasteiger partial charge is 0.493 e. The van der Waals surface area contributed by atoms with E-state index in [2.05, 4.69) is 52.7 Å². The topological polar surface area (TPSA) is 44.7 Å². The molecule has 25 heavy (non-hydrogen) atoms. The molecule has 4 rings (SSSR count). The van der Waals surface area contributed by atoms with Gasteiger partial charge in [-0.2, -0.15) is 0 Å². The van der Waals surface area contributed by atoms with Crippen LogP contribution in [0.15, 0.2) is 42.5 Å². The monoisotopic (exact) mass is 338 g/mol. The molecule has 2 aromatic carbocycles. The minimum absolute atomic E-state index is 0.344. The minimum Gasteiger partial charge on any atom is -0.493 e. The van der Waals surface area contributed by atoms with E-state index in [0.29, 0.717) is 6.54 Å². The number of nitrogens with zero attached hydrogens (tertiary/aromatic N) is 1. The fourth-order valence-electron chi connectivity index (χ4n) is 3.81. The van der Waals surface area contributed by atoms with Gasteiger partial charge in [-0.25, -0.2) is 0 Å². The van der Waals surface area contributed by atoms with Crippen molar-refractivity contribution in [3.63, 3.8) is 0 Å². The second kappa shape index (κ2) is 7.56. The Morgan fingerprint density at radius 1 is 1.08 bits per heavy atom. The number of ether oxygens (including phenoxy) is 1. The summed E-state index contributed by atoms with van der Waals surface area (Å²) in [5.74, 6) is 1.02. The fourth-order valence-corrected chi connectivity index (χ4v) is 3.81. The molecule has 0 aliphatic carbocycles. The Balaban J connectivity index is 1.23. The van der Waals surface area contributed by atoms with Gasteiger partial charge in [0.2, 0.25) is 0 Å². The minimum atomic E-state index is -0.344. The lowest BCUT2D eigenvalue weighted by Crippen LogP contribution is -2.40. The van der Waals surface area contributed by atoms with Crippen molar-refractivity contribution in [3.8, 4) is 5.75 Å². The zero-order valence-corrected chi connectivity index (χ0v) is 14.6. The quantitative estimate of drug-likeness (QED) is 0.847. The Hall–Kier alpha value is -1.88. The van der Waals surface area contributed by atoms with E-state index in [1.54, 1.807) is 0 Å². The van der Waals surface area contributed by atoms with E-state index in [-0.39, 0.29) is 6.10 Å². The van der Waals surface area contributed by atoms with Crippen LogP contribution in [0, 0.1) is 0 Å². The van der Waals surface area contributed by atoms with Crippen LogP contribution in [0.5, 0.6) is 5.75 Å². The zero-order valence-electron chi connectivity index (χ0n) is 14.6. The van der Waals surface area contributed by atoms with E-state index < -0.39 is 0 Å². The van der Waals surface area contributed by atoms with Gasteiger partial charge in [0.1, 0.15) is 5.75 Å². The molecule has 0 saturated carbocycles. The predicted molar refractivity (Wildman–Crippen MR) is 98.8 cm³/mol. The summed E-state index contributed by atoms with van der Waals surface area (Å²) in [5, 5.41) is 13.7. The molecule has 0 unspecified atom stereocenters. The summed E-state index contributed by atoms with van der Waals surface area (Å²) in [6.07, 6.45) is 1.73. The van der Waals surface area contributed by atoms with Gasteiger partial charge in [0.15, 0.2) is 0 Å². The molecule has 1 atom stereocenters. The number of rotatable bonds is 6. The van der Waals surface area contributed by atoms with E-state index in [0.717, 1.165) is 51.4 Å². The second-order valence-electron chi connectivity index (χ2n) is 7.08. The smallest absolute Gasteiger partial charge is 0.122 e. The van der Waals surface area contributed by atoms with Gasteiger partial charge in [-0.3, -0.25) is 4.90 Å². The van der Waals surface area contributed by atoms with Crippen molar-refractivity contribution in [3.05, 3.63) is 64.7 Å². The Morgan fingerprint density at radius 3 is 2.88 bits per heavy atom. The molecule has 0 fully saturated rings. The number of aliphatic hydroxyl groups excluding tert-OH is 1. The first-order chi connectivity index (χ1) is 12.3. The van der Waals surface area contributed by atoms with Crippen molar-refractivity contribution < 1.29 is 9.84 Å². The van der Waals surface area contributed by atoms with Gasteiger partial charge in [0, 0.05) is 39.1 Å². The molecule has 0 radical (unpaired) electrons. The summed E-state index contributed by atoms with van der Waals surface area (Å²) in [7, 11) is 0. The molecule has 0 spiro atoms. The van der Waals surface area contributed by atoms with E-state index >= 15 is 0 Å². The summed E-state index contributed by atoms with van der Waals surface area (Å²) in [4.78, 5) is 2.35. The Kier molecular flexibility index (Phi) is 5.02. The van der Waals surface area contributed by atoms with Gasteiger partial charge < -0.3 is 15.2 Å². The van der Waals surface area contributed by atoms with Crippen molar-refractivity contribution in [2.75, 3.05) is 26.2 Å². The number of β-amino-alcohol motifs (C(OH)–C–C–N with tert-alkyl or cyclic N) is 1. The average Bonchev–Trinajstić information content (AvgIpc) is 3.09. The van der Waals surface area contributed by atoms with Crippen LogP contribution in [0.3, 0.4) is 0 Å². The standard InChI is InChI=1S/C21H26N2O2/c24-20(15-23-9-7-17-3-1-2-4-19(17)14-23)13-22-12-16-5-6-21-18(11-16)8-10-25-21/h1-6,11,20,22,24H,7-10,12-15H2/t20-/m0/s1. The van der Waals surface area contributed by atoms with Crippen LogP contribution >= 0.6 is 0 Å². The summed E-state index contributed by atoms with van der Waals surface area (Å²) >= 11 is 0. The number of nitrogens with one attached hydrogen (secondary N) is 1. The molecular formula is C21H26N2O2. The van der Waals surface area contributed by atoms with Crippen LogP contribution in [-0.4, -0.2) is 42.4 Å². The first-order valence-electron chi connectivity index (χ1n) is 9.20. The van der Waals surface area contributed by atoms with Gasteiger partial charge in [0.25, 0.3) is 0 Å². The lowest BCUT2D eigenvalue weighted by atomic mass is 10.00. The number of hydrogen-bond donors (Lipinski definition) is 2. The third-order valence-electron chi connectivity index (χ3n) is 5.14. The predicted octanol–water partition coefficient (Wildman–Crippen LogP) is 2.13. The van der Waals surface area contributed by atoms with Crippen molar-refractivity contribution in [2.24, 2.45) is 0 Å². The summed E-state index contributed by atoms with van der Waals surface area (Å²) in [5.41, 5.74) is 5.40. The fraction of sp³-hybridized carbons (Fsp3) is 0.429. The highest BCUT2D eigenvalue weighted by Gasteiger charge is 2.18. The summed E-state index contributed by atoms with van der Waals surface area (Å²) in [6, 6.07) is 15.0. The molecule has 0 bridgehead atoms. The third kappa shape index (κ3) is 4.03. The number of aliphatic hydroxyl groups is 1. The maximum absolute atomic E-state index is 10.4. The molecule has 2 N–H and O–H groups in total. The van der Waals surface area contributed by atoms with Crippen molar-refractivity contribution in [1.29, 1.82) is 0 Å². The number of fused-ring (bicyclic) bond motifs is 2. The first kappa shape index (κ1) is 16.6. The molecule has 132 valence electrons. The highest BCUT2D eigenvalue weighted by atomic mass is 16.5. The summed E-state index contributed by atoms with van der Waals surface area (Å²) in [6.45, 7) is 4.89. The van der Waals surface area contributed by atoms with Crippen LogP contribution in [0.4, 0.5) is 0 Å². The molecule has 2 aromatic rings. The third-order valence-corrected chi connectivity index (χ3v) is 5.14. The highest BCUT2D eigenvalue weighted by Crippen LogP contribution is 2.25. The first-order valence-corrected chi connectivity index (χ1v) is 9.20. The maximum atomic E-state index is 10.4. The lowest BCUT2D eigenvalue weighted by molar-refractivity contribution is 0.104. The molecule has 0 aromatic heterocycles. The van der Waals surface area contributed by atoms with Gasteiger partial charge in [0.05, 0.1) is 12.7 Å². The molecule has 4 heteroatoms. The van der Waals surface area contributed by atoms with Crippen molar-refractivity contribution >= 4 is 0 Å². The number of hydrogen-bond acceptors (Lipinski definition) is 4. The van der Waals surface area contributed by atoms with Gasteiger partial charge in [-0.05, 0) is 34.7 Å². The average molecular weight is 338 g/mol. The Labute approximate surface area is 149 Å². The van der Waals surface area contributed by atoms with E-state index in [1.807, 2.05) is 0 Å². The molecule has 4 nitrogen and oxygen atoms in total. The Morgan fingerprint density at radius 2 is 1.96 bits per heavy atom. The maximum Gasteiger partial charge on any atom is 0.122 e. The summed E-state index contributed by atoms with van der Waals surface area (Å²) < 4.78 is 5.54. The lowest BCUT2D eigenvalue weighted by Gasteiger charge is -2.30. The second-order valence-corrected chi connectivity index (χ2v) is 7.08.